The number of aliphatic hydroxyl groups is 2. The maximum Gasteiger partial charge on any atom is 0.111 e. The van der Waals surface area contributed by atoms with Crippen molar-refractivity contribution < 1.29 is 19.7 Å². The van der Waals surface area contributed by atoms with Crippen LogP contribution in [0.5, 0.6) is 0 Å². The highest BCUT2D eigenvalue weighted by Gasteiger charge is 2.35. The van der Waals surface area contributed by atoms with E-state index in [1.807, 2.05) is 30.3 Å². The van der Waals surface area contributed by atoms with Gasteiger partial charge in [-0.1, -0.05) is 30.3 Å². The number of hydrogen-bond donors (Lipinski definition) is 2. The molecule has 1 aromatic rings. The molecule has 1 aliphatic heterocycles. The van der Waals surface area contributed by atoms with Gasteiger partial charge in [-0.05, 0) is 5.56 Å². The molecule has 1 aromatic carbocycles. The highest BCUT2D eigenvalue weighted by Crippen LogP contribution is 2.18. The van der Waals surface area contributed by atoms with Crippen LogP contribution in [0.1, 0.15) is 5.56 Å². The van der Waals surface area contributed by atoms with E-state index in [4.69, 9.17) is 14.6 Å². The summed E-state index contributed by atoms with van der Waals surface area (Å²) in [5.41, 5.74) is 1.06. The Hall–Kier alpha value is -0.940. The lowest BCUT2D eigenvalue weighted by atomic mass is 10.1. The standard InChI is InChI=1S/C12H16O4/c13-6-10-12(14)11(8-16-10)15-7-9-4-2-1-3-5-9/h1-5,10-14H,6-8H2/t10-,11+,12-/m1/s1. The third-order valence-corrected chi connectivity index (χ3v) is 2.72. The number of hydrogen-bond acceptors (Lipinski definition) is 4. The van der Waals surface area contributed by atoms with Crippen LogP contribution in [-0.2, 0) is 16.1 Å². The minimum Gasteiger partial charge on any atom is -0.394 e. The molecule has 0 unspecified atom stereocenters. The lowest BCUT2D eigenvalue weighted by Crippen LogP contribution is -2.33. The number of ether oxygens (including phenoxy) is 2. The van der Waals surface area contributed by atoms with Gasteiger partial charge in [-0.2, -0.15) is 0 Å². The van der Waals surface area contributed by atoms with Crippen molar-refractivity contribution in [1.82, 2.24) is 0 Å². The number of aliphatic hydroxyl groups excluding tert-OH is 2. The summed E-state index contributed by atoms with van der Waals surface area (Å²) in [6.07, 6.45) is -1.60. The van der Waals surface area contributed by atoms with Gasteiger partial charge in [-0.15, -0.1) is 0 Å². The van der Waals surface area contributed by atoms with Gasteiger partial charge in [-0.3, -0.25) is 0 Å². The van der Waals surface area contributed by atoms with E-state index in [0.717, 1.165) is 5.56 Å². The molecule has 0 spiro atoms. The summed E-state index contributed by atoms with van der Waals surface area (Å²) in [7, 11) is 0. The molecule has 4 heteroatoms. The van der Waals surface area contributed by atoms with Gasteiger partial charge < -0.3 is 19.7 Å². The highest BCUT2D eigenvalue weighted by atomic mass is 16.6. The van der Waals surface area contributed by atoms with Gasteiger partial charge in [-0.25, -0.2) is 0 Å². The Labute approximate surface area is 94.4 Å². The topological polar surface area (TPSA) is 58.9 Å². The molecule has 1 heterocycles. The van der Waals surface area contributed by atoms with Crippen LogP contribution in [0.3, 0.4) is 0 Å². The summed E-state index contributed by atoms with van der Waals surface area (Å²) in [6.45, 7) is 0.607. The van der Waals surface area contributed by atoms with Gasteiger partial charge in [0.2, 0.25) is 0 Å². The normalized spacial score (nSPS) is 29.5. The molecule has 1 saturated heterocycles. The van der Waals surface area contributed by atoms with Crippen LogP contribution in [0.2, 0.25) is 0 Å². The second kappa shape index (κ2) is 5.41. The van der Waals surface area contributed by atoms with E-state index in [0.29, 0.717) is 13.2 Å². The van der Waals surface area contributed by atoms with Crippen molar-refractivity contribution in [2.75, 3.05) is 13.2 Å². The number of rotatable bonds is 4. The van der Waals surface area contributed by atoms with Crippen LogP contribution in [-0.4, -0.2) is 41.7 Å². The van der Waals surface area contributed by atoms with Crippen molar-refractivity contribution in [2.24, 2.45) is 0 Å². The van der Waals surface area contributed by atoms with E-state index in [-0.39, 0.29) is 12.7 Å². The second-order valence-corrected chi connectivity index (χ2v) is 3.88. The Morgan fingerprint density at radius 2 is 2.06 bits per heavy atom. The summed E-state index contributed by atoms with van der Waals surface area (Å²) >= 11 is 0. The smallest absolute Gasteiger partial charge is 0.111 e. The zero-order valence-electron chi connectivity index (χ0n) is 8.95. The predicted molar refractivity (Wildman–Crippen MR) is 57.9 cm³/mol. The quantitative estimate of drug-likeness (QED) is 0.773. The highest BCUT2D eigenvalue weighted by molar-refractivity contribution is 5.13. The van der Waals surface area contributed by atoms with E-state index in [1.165, 1.54) is 0 Å². The monoisotopic (exact) mass is 224 g/mol. The molecule has 2 rings (SSSR count). The molecular weight excluding hydrogens is 208 g/mol. The predicted octanol–water partition coefficient (Wildman–Crippen LogP) is 0.324. The zero-order chi connectivity index (χ0) is 11.4. The molecule has 0 amide bonds. The number of benzene rings is 1. The van der Waals surface area contributed by atoms with Crippen molar-refractivity contribution in [3.63, 3.8) is 0 Å². The minimum absolute atomic E-state index is 0.174. The molecule has 3 atom stereocenters. The minimum atomic E-state index is -0.742. The van der Waals surface area contributed by atoms with Crippen molar-refractivity contribution in [3.8, 4) is 0 Å². The van der Waals surface area contributed by atoms with Crippen LogP contribution in [0, 0.1) is 0 Å². The first-order valence-corrected chi connectivity index (χ1v) is 5.37. The van der Waals surface area contributed by atoms with Crippen molar-refractivity contribution >= 4 is 0 Å². The molecule has 1 aliphatic rings. The molecule has 2 N–H and O–H groups in total. The van der Waals surface area contributed by atoms with E-state index in [1.54, 1.807) is 0 Å². The summed E-state index contributed by atoms with van der Waals surface area (Å²) in [4.78, 5) is 0. The molecule has 16 heavy (non-hydrogen) atoms. The van der Waals surface area contributed by atoms with E-state index < -0.39 is 12.2 Å². The Balaban J connectivity index is 1.83. The van der Waals surface area contributed by atoms with Crippen molar-refractivity contribution in [2.45, 2.75) is 24.9 Å². The summed E-state index contributed by atoms with van der Waals surface area (Å²) in [6, 6.07) is 9.75. The first-order valence-electron chi connectivity index (χ1n) is 5.37. The molecule has 4 nitrogen and oxygen atoms in total. The largest absolute Gasteiger partial charge is 0.394 e. The van der Waals surface area contributed by atoms with E-state index in [2.05, 4.69) is 0 Å². The summed E-state index contributed by atoms with van der Waals surface area (Å²) in [5, 5.41) is 18.6. The molecule has 0 saturated carbocycles. The fraction of sp³-hybridized carbons (Fsp3) is 0.500. The summed E-state index contributed by atoms with van der Waals surface area (Å²) < 4.78 is 10.7. The van der Waals surface area contributed by atoms with Crippen LogP contribution in [0.15, 0.2) is 30.3 Å². The first kappa shape index (κ1) is 11.5. The molecular formula is C12H16O4. The van der Waals surface area contributed by atoms with Crippen LogP contribution in [0.25, 0.3) is 0 Å². The van der Waals surface area contributed by atoms with E-state index in [9.17, 15) is 5.11 Å². The average Bonchev–Trinajstić information content (AvgIpc) is 2.69. The molecule has 88 valence electrons. The second-order valence-electron chi connectivity index (χ2n) is 3.88. The van der Waals surface area contributed by atoms with E-state index >= 15 is 0 Å². The lowest BCUT2D eigenvalue weighted by Gasteiger charge is -2.16. The fourth-order valence-electron chi connectivity index (χ4n) is 1.74. The Morgan fingerprint density at radius 1 is 1.31 bits per heavy atom. The Kier molecular flexibility index (Phi) is 3.90. The molecule has 0 aliphatic carbocycles. The van der Waals surface area contributed by atoms with Gasteiger partial charge in [0.15, 0.2) is 0 Å². The molecule has 0 radical (unpaired) electrons. The molecule has 1 fully saturated rings. The van der Waals surface area contributed by atoms with Crippen LogP contribution < -0.4 is 0 Å². The Bertz CT molecular complexity index is 314. The van der Waals surface area contributed by atoms with Gasteiger partial charge in [0.05, 0.1) is 19.8 Å². The third-order valence-electron chi connectivity index (χ3n) is 2.72. The lowest BCUT2D eigenvalue weighted by molar-refractivity contribution is -0.0340. The van der Waals surface area contributed by atoms with Gasteiger partial charge >= 0.3 is 0 Å². The average molecular weight is 224 g/mol. The fourth-order valence-corrected chi connectivity index (χ4v) is 1.74. The van der Waals surface area contributed by atoms with Gasteiger partial charge in [0.25, 0.3) is 0 Å². The molecule has 0 aromatic heterocycles. The third kappa shape index (κ3) is 2.59. The van der Waals surface area contributed by atoms with Gasteiger partial charge in [0, 0.05) is 0 Å². The first-order chi connectivity index (χ1) is 7.81. The molecule has 0 bridgehead atoms. The maximum atomic E-state index is 9.72. The zero-order valence-corrected chi connectivity index (χ0v) is 8.95. The summed E-state index contributed by atoms with van der Waals surface area (Å²) in [5.74, 6) is 0. The van der Waals surface area contributed by atoms with Gasteiger partial charge in [0.1, 0.15) is 18.3 Å². The SMILES string of the molecule is OC[C@H]1OC[C@H](OCc2ccccc2)[C@@H]1O. The maximum absolute atomic E-state index is 9.72. The van der Waals surface area contributed by atoms with Crippen molar-refractivity contribution in [1.29, 1.82) is 0 Å². The van der Waals surface area contributed by atoms with Crippen LogP contribution >= 0.6 is 0 Å². The van der Waals surface area contributed by atoms with Crippen LogP contribution in [0.4, 0.5) is 0 Å². The van der Waals surface area contributed by atoms with Crippen molar-refractivity contribution in [3.05, 3.63) is 35.9 Å². The Morgan fingerprint density at radius 3 is 2.69 bits per heavy atom.